The van der Waals surface area contributed by atoms with Crippen molar-refractivity contribution in [1.82, 2.24) is 14.5 Å². The van der Waals surface area contributed by atoms with Gasteiger partial charge in [-0.15, -0.1) is 6.42 Å². The number of terminal acetylenes is 1. The number of fused-ring (bicyclic) bond motifs is 2. The van der Waals surface area contributed by atoms with Gasteiger partial charge >= 0.3 is 0 Å². The lowest BCUT2D eigenvalue weighted by molar-refractivity contribution is -0.0712. The lowest BCUT2D eigenvalue weighted by Crippen LogP contribution is -2.35. The van der Waals surface area contributed by atoms with Gasteiger partial charge in [0.25, 0.3) is 5.79 Å². The van der Waals surface area contributed by atoms with Gasteiger partial charge in [-0.2, -0.15) is 0 Å². The third kappa shape index (κ3) is 4.84. The normalized spacial score (nSPS) is 22.5. The maximum absolute atomic E-state index is 14.8. The molecule has 2 fully saturated rings. The summed E-state index contributed by atoms with van der Waals surface area (Å²) in [6.45, 7) is 6.00. The molecule has 6 nitrogen and oxygen atoms in total. The van der Waals surface area contributed by atoms with Crippen molar-refractivity contribution < 1.29 is 18.6 Å². The summed E-state index contributed by atoms with van der Waals surface area (Å²) in [6, 6.07) is 16.6. The summed E-state index contributed by atoms with van der Waals surface area (Å²) in [5.41, 5.74) is 4.30. The third-order valence-electron chi connectivity index (χ3n) is 8.60. The molecule has 0 aliphatic carbocycles. The van der Waals surface area contributed by atoms with Crippen molar-refractivity contribution in [2.75, 3.05) is 19.7 Å². The van der Waals surface area contributed by atoms with Crippen LogP contribution in [-0.2, 0) is 23.6 Å². The van der Waals surface area contributed by atoms with E-state index in [2.05, 4.69) is 27.5 Å². The highest BCUT2D eigenvalue weighted by Crippen LogP contribution is 2.49. The fourth-order valence-corrected chi connectivity index (χ4v) is 6.42. The van der Waals surface area contributed by atoms with Gasteiger partial charge in [-0.25, -0.2) is 9.37 Å². The van der Waals surface area contributed by atoms with Crippen molar-refractivity contribution in [3.05, 3.63) is 88.0 Å². The highest BCUT2D eigenvalue weighted by Gasteiger charge is 2.43. The molecule has 4 aromatic rings. The van der Waals surface area contributed by atoms with E-state index in [1.807, 2.05) is 24.3 Å². The van der Waals surface area contributed by atoms with Gasteiger partial charge in [0, 0.05) is 29.7 Å². The molecule has 8 heteroatoms. The van der Waals surface area contributed by atoms with Gasteiger partial charge in [0.2, 0.25) is 0 Å². The molecule has 0 saturated carbocycles. The van der Waals surface area contributed by atoms with Gasteiger partial charge in [-0.05, 0) is 80.7 Å². The molecule has 0 spiro atoms. The zero-order valence-corrected chi connectivity index (χ0v) is 23.7. The molecule has 4 heterocycles. The Bertz CT molecular complexity index is 1670. The number of likely N-dealkylation sites (tertiary alicyclic amines) is 1. The molecule has 2 unspecified atom stereocenters. The number of hydrogen-bond acceptors (Lipinski definition) is 5. The predicted molar refractivity (Wildman–Crippen MR) is 156 cm³/mol. The molecule has 3 aromatic carbocycles. The summed E-state index contributed by atoms with van der Waals surface area (Å²) in [5.74, 6) is 3.71. The topological polar surface area (TPSA) is 48.8 Å². The highest BCUT2D eigenvalue weighted by molar-refractivity contribution is 6.30. The number of para-hydroxylation sites is 1. The van der Waals surface area contributed by atoms with Crippen LogP contribution in [0.1, 0.15) is 54.6 Å². The minimum atomic E-state index is -1.25. The summed E-state index contributed by atoms with van der Waals surface area (Å²) in [4.78, 5) is 7.47. The minimum absolute atomic E-state index is 0.235. The van der Waals surface area contributed by atoms with Crippen LogP contribution in [0.2, 0.25) is 5.02 Å². The minimum Gasteiger partial charge on any atom is -0.444 e. The largest absolute Gasteiger partial charge is 0.444 e. The number of imidazole rings is 1. The fourth-order valence-electron chi connectivity index (χ4n) is 6.27. The van der Waals surface area contributed by atoms with Crippen LogP contribution < -0.4 is 9.47 Å². The average Bonchev–Trinajstić information content (AvgIpc) is 3.47. The Labute approximate surface area is 244 Å². The molecule has 0 bridgehead atoms. The van der Waals surface area contributed by atoms with Crippen LogP contribution in [0.15, 0.2) is 54.6 Å². The zero-order chi connectivity index (χ0) is 28.1. The third-order valence-corrected chi connectivity index (χ3v) is 8.83. The molecule has 0 amide bonds. The SMILES string of the molecule is C#Cc1ccc2c(c1)nc(CN1CCC(c3cccc4c3OC(C)(c3ccc(Cl)cc3F)O4)CC1)n2CC1CCO1. The van der Waals surface area contributed by atoms with Crippen LogP contribution in [0.4, 0.5) is 4.39 Å². The molecule has 1 aromatic heterocycles. The Morgan fingerprint density at radius 1 is 1.10 bits per heavy atom. The van der Waals surface area contributed by atoms with Crippen LogP contribution >= 0.6 is 11.6 Å². The molecule has 3 aliphatic rings. The second-order valence-electron chi connectivity index (χ2n) is 11.3. The van der Waals surface area contributed by atoms with Crippen molar-refractivity contribution in [2.45, 2.75) is 57.1 Å². The van der Waals surface area contributed by atoms with Crippen LogP contribution in [0, 0.1) is 18.2 Å². The van der Waals surface area contributed by atoms with Gasteiger partial charge in [0.05, 0.1) is 35.8 Å². The van der Waals surface area contributed by atoms with Crippen molar-refractivity contribution in [2.24, 2.45) is 0 Å². The van der Waals surface area contributed by atoms with Crippen LogP contribution in [-0.4, -0.2) is 40.3 Å². The molecule has 7 rings (SSSR count). The number of rotatable bonds is 6. The average molecular weight is 572 g/mol. The Kier molecular flexibility index (Phi) is 6.66. The summed E-state index contributed by atoms with van der Waals surface area (Å²) >= 11 is 5.98. The Hall–Kier alpha value is -3.57. The summed E-state index contributed by atoms with van der Waals surface area (Å²) < 4.78 is 35.4. The smallest absolute Gasteiger partial charge is 0.278 e. The lowest BCUT2D eigenvalue weighted by atomic mass is 9.88. The van der Waals surface area contributed by atoms with E-state index in [9.17, 15) is 4.39 Å². The number of hydrogen-bond donors (Lipinski definition) is 0. The zero-order valence-electron chi connectivity index (χ0n) is 22.9. The van der Waals surface area contributed by atoms with E-state index in [0.29, 0.717) is 28.0 Å². The number of piperidine rings is 1. The number of benzene rings is 3. The number of halogens is 2. The maximum atomic E-state index is 14.8. The predicted octanol–water partition coefficient (Wildman–Crippen LogP) is 6.62. The molecule has 2 atom stereocenters. The van der Waals surface area contributed by atoms with Gasteiger partial charge in [-0.3, -0.25) is 4.90 Å². The van der Waals surface area contributed by atoms with Crippen molar-refractivity contribution >= 4 is 22.6 Å². The van der Waals surface area contributed by atoms with Gasteiger partial charge in [0.1, 0.15) is 11.6 Å². The number of aromatic nitrogens is 2. The van der Waals surface area contributed by atoms with Gasteiger partial charge in [-0.1, -0.05) is 29.7 Å². The van der Waals surface area contributed by atoms with Gasteiger partial charge < -0.3 is 18.8 Å². The second kappa shape index (κ2) is 10.4. The van der Waals surface area contributed by atoms with Crippen molar-refractivity contribution in [1.29, 1.82) is 0 Å². The Morgan fingerprint density at radius 3 is 2.66 bits per heavy atom. The monoisotopic (exact) mass is 571 g/mol. The van der Waals surface area contributed by atoms with Crippen LogP contribution in [0.3, 0.4) is 0 Å². The van der Waals surface area contributed by atoms with Crippen LogP contribution in [0.25, 0.3) is 11.0 Å². The second-order valence-corrected chi connectivity index (χ2v) is 11.7. The quantitative estimate of drug-likeness (QED) is 0.243. The highest BCUT2D eigenvalue weighted by atomic mass is 35.5. The summed E-state index contributed by atoms with van der Waals surface area (Å²) in [7, 11) is 0. The van der Waals surface area contributed by atoms with Crippen molar-refractivity contribution in [3.8, 4) is 23.8 Å². The molecular formula is C33H31ClFN3O3. The molecule has 3 aliphatic heterocycles. The molecule has 0 N–H and O–H groups in total. The van der Waals surface area contributed by atoms with E-state index in [-0.39, 0.29) is 6.10 Å². The van der Waals surface area contributed by atoms with E-state index in [1.165, 1.54) is 6.07 Å². The first-order valence-electron chi connectivity index (χ1n) is 14.2. The molecule has 210 valence electrons. The standard InChI is InChI=1S/C33H31ClFN3O3/c1-3-21-7-10-29-28(17-21)36-31(38(29)19-24-13-16-39-24)20-37-14-11-22(12-15-37)25-5-4-6-30-32(25)41-33(2,40-30)26-9-8-23(34)18-27(26)35/h1,4-10,17-18,22,24H,11-16,19-20H2,2H3. The molecule has 0 radical (unpaired) electrons. The first kappa shape index (κ1) is 26.3. The lowest BCUT2D eigenvalue weighted by Gasteiger charge is -2.33. The molecule has 2 saturated heterocycles. The van der Waals surface area contributed by atoms with E-state index >= 15 is 0 Å². The van der Waals surface area contributed by atoms with E-state index in [1.54, 1.807) is 19.1 Å². The van der Waals surface area contributed by atoms with E-state index < -0.39 is 11.6 Å². The first-order chi connectivity index (χ1) is 19.9. The summed E-state index contributed by atoms with van der Waals surface area (Å²) in [6.07, 6.45) is 8.90. The molecular weight excluding hydrogens is 541 g/mol. The number of ether oxygens (including phenoxy) is 3. The van der Waals surface area contributed by atoms with Gasteiger partial charge in [0.15, 0.2) is 11.5 Å². The van der Waals surface area contributed by atoms with Crippen LogP contribution in [0.5, 0.6) is 11.5 Å². The number of nitrogens with zero attached hydrogens (tertiary/aromatic N) is 3. The van der Waals surface area contributed by atoms with E-state index in [0.717, 1.165) is 80.0 Å². The Morgan fingerprint density at radius 2 is 1.93 bits per heavy atom. The molecule has 41 heavy (non-hydrogen) atoms. The maximum Gasteiger partial charge on any atom is 0.278 e. The van der Waals surface area contributed by atoms with Crippen molar-refractivity contribution in [3.63, 3.8) is 0 Å². The summed E-state index contributed by atoms with van der Waals surface area (Å²) in [5, 5.41) is 0.335. The fraction of sp³-hybridized carbons (Fsp3) is 0.364. The Balaban J connectivity index is 1.08. The van der Waals surface area contributed by atoms with E-state index in [4.69, 9.17) is 37.2 Å². The first-order valence-corrected chi connectivity index (χ1v) is 14.5.